The van der Waals surface area contributed by atoms with Crippen molar-refractivity contribution in [2.24, 2.45) is 0 Å². The lowest BCUT2D eigenvalue weighted by Gasteiger charge is -2.01. The number of nitrogens with one attached hydrogen (secondary N) is 1. The van der Waals surface area contributed by atoms with Crippen LogP contribution in [0.15, 0.2) is 24.3 Å². The number of rotatable bonds is 3. The van der Waals surface area contributed by atoms with Gasteiger partial charge in [0.15, 0.2) is 5.69 Å². The van der Waals surface area contributed by atoms with E-state index in [9.17, 15) is 9.90 Å². The van der Waals surface area contributed by atoms with Crippen LogP contribution in [0.4, 0.5) is 0 Å². The molecule has 2 aromatic rings. The molecule has 2 N–H and O–H groups in total. The molecule has 0 atom stereocenters. The third-order valence-corrected chi connectivity index (χ3v) is 2.16. The van der Waals surface area contributed by atoms with Crippen molar-refractivity contribution in [2.75, 3.05) is 6.61 Å². The van der Waals surface area contributed by atoms with E-state index in [2.05, 4.69) is 15.4 Å². The van der Waals surface area contributed by atoms with E-state index < -0.39 is 5.97 Å². The van der Waals surface area contributed by atoms with Gasteiger partial charge in [-0.25, -0.2) is 4.79 Å². The number of hydrogen-bond acceptors (Lipinski definition) is 5. The number of H-pyrrole nitrogens is 1. The minimum Gasteiger partial charge on any atom is -0.508 e. The molecule has 0 saturated heterocycles. The Kier molecular flexibility index (Phi) is 3.04. The number of phenols is 1. The molecule has 0 aliphatic rings. The van der Waals surface area contributed by atoms with Crippen LogP contribution in [0.5, 0.6) is 5.75 Å². The Balaban J connectivity index is 2.36. The Labute approximate surface area is 97.2 Å². The van der Waals surface area contributed by atoms with Crippen LogP contribution in [0.25, 0.3) is 11.3 Å². The zero-order chi connectivity index (χ0) is 12.3. The predicted octanol–water partition coefficient (Wildman–Crippen LogP) is 1.35. The molecule has 1 heterocycles. The molecule has 2 rings (SSSR count). The molecule has 0 radical (unpaired) electrons. The number of esters is 1. The summed E-state index contributed by atoms with van der Waals surface area (Å²) in [5, 5.41) is 19.2. The molecule has 0 saturated carbocycles. The van der Waals surface area contributed by atoms with E-state index in [0.717, 1.165) is 0 Å². The molecular formula is C11H11N3O3. The van der Waals surface area contributed by atoms with Gasteiger partial charge in [0, 0.05) is 5.56 Å². The van der Waals surface area contributed by atoms with E-state index >= 15 is 0 Å². The molecule has 6 heteroatoms. The van der Waals surface area contributed by atoms with Gasteiger partial charge in [-0.3, -0.25) is 0 Å². The van der Waals surface area contributed by atoms with Crippen molar-refractivity contribution in [3.05, 3.63) is 30.0 Å². The molecule has 0 spiro atoms. The maximum absolute atomic E-state index is 11.6. The zero-order valence-corrected chi connectivity index (χ0v) is 9.17. The lowest BCUT2D eigenvalue weighted by Crippen LogP contribution is -2.06. The second-order valence-corrected chi connectivity index (χ2v) is 3.29. The molecule has 0 amide bonds. The summed E-state index contributed by atoms with van der Waals surface area (Å²) >= 11 is 0. The van der Waals surface area contributed by atoms with Crippen LogP contribution in [-0.4, -0.2) is 33.1 Å². The van der Waals surface area contributed by atoms with Gasteiger partial charge in [-0.15, -0.1) is 5.10 Å². The van der Waals surface area contributed by atoms with E-state index in [0.29, 0.717) is 11.3 Å². The van der Waals surface area contributed by atoms with E-state index in [4.69, 9.17) is 4.74 Å². The number of carbonyl (C=O) groups excluding carboxylic acids is 1. The Morgan fingerprint density at radius 2 is 2.06 bits per heavy atom. The van der Waals surface area contributed by atoms with Crippen molar-refractivity contribution in [3.63, 3.8) is 0 Å². The summed E-state index contributed by atoms with van der Waals surface area (Å²) in [5.41, 5.74) is 1.22. The lowest BCUT2D eigenvalue weighted by atomic mass is 10.1. The number of nitrogens with zero attached hydrogens (tertiary/aromatic N) is 2. The second-order valence-electron chi connectivity index (χ2n) is 3.29. The third kappa shape index (κ3) is 2.25. The van der Waals surface area contributed by atoms with Crippen LogP contribution in [0.2, 0.25) is 0 Å². The molecule has 1 aromatic heterocycles. The number of hydrogen-bond donors (Lipinski definition) is 2. The van der Waals surface area contributed by atoms with Gasteiger partial charge < -0.3 is 9.84 Å². The number of carbonyl (C=O) groups is 1. The van der Waals surface area contributed by atoms with Gasteiger partial charge in [0.1, 0.15) is 11.4 Å². The summed E-state index contributed by atoms with van der Waals surface area (Å²) in [6, 6.07) is 6.32. The van der Waals surface area contributed by atoms with Crippen LogP contribution in [0.3, 0.4) is 0 Å². The molecule has 88 valence electrons. The van der Waals surface area contributed by atoms with Gasteiger partial charge in [-0.1, -0.05) is 0 Å². The summed E-state index contributed by atoms with van der Waals surface area (Å²) < 4.78 is 4.86. The first-order valence-corrected chi connectivity index (χ1v) is 5.09. The maximum atomic E-state index is 11.6. The summed E-state index contributed by atoms with van der Waals surface area (Å²) in [4.78, 5) is 11.6. The largest absolute Gasteiger partial charge is 0.508 e. The van der Waals surface area contributed by atoms with Gasteiger partial charge in [0.2, 0.25) is 0 Å². The van der Waals surface area contributed by atoms with Gasteiger partial charge in [0.25, 0.3) is 0 Å². The minimum absolute atomic E-state index is 0.137. The van der Waals surface area contributed by atoms with Crippen LogP contribution < -0.4 is 0 Å². The highest BCUT2D eigenvalue weighted by atomic mass is 16.5. The van der Waals surface area contributed by atoms with Gasteiger partial charge in [-0.2, -0.15) is 10.3 Å². The van der Waals surface area contributed by atoms with Gasteiger partial charge in [-0.05, 0) is 31.2 Å². The Bertz CT molecular complexity index is 519. The Morgan fingerprint density at radius 3 is 2.71 bits per heavy atom. The molecule has 17 heavy (non-hydrogen) atoms. The third-order valence-electron chi connectivity index (χ3n) is 2.16. The first kappa shape index (κ1) is 11.1. The van der Waals surface area contributed by atoms with E-state index in [1.54, 1.807) is 19.1 Å². The van der Waals surface area contributed by atoms with Crippen molar-refractivity contribution in [1.29, 1.82) is 0 Å². The quantitative estimate of drug-likeness (QED) is 0.781. The van der Waals surface area contributed by atoms with Crippen molar-refractivity contribution < 1.29 is 14.6 Å². The first-order chi connectivity index (χ1) is 8.22. The predicted molar refractivity (Wildman–Crippen MR) is 59.4 cm³/mol. The van der Waals surface area contributed by atoms with Crippen molar-refractivity contribution in [1.82, 2.24) is 15.4 Å². The second kappa shape index (κ2) is 4.65. The molecule has 0 unspecified atom stereocenters. The number of phenolic OH excluding ortho intramolecular Hbond substituents is 1. The van der Waals surface area contributed by atoms with Crippen molar-refractivity contribution in [3.8, 4) is 17.0 Å². The van der Waals surface area contributed by atoms with E-state index in [1.807, 2.05) is 0 Å². The Hall–Kier alpha value is -2.37. The van der Waals surface area contributed by atoms with Gasteiger partial charge in [0.05, 0.1) is 6.61 Å². The average Bonchev–Trinajstić information content (AvgIpc) is 2.79. The van der Waals surface area contributed by atoms with Crippen LogP contribution in [-0.2, 0) is 4.74 Å². The van der Waals surface area contributed by atoms with E-state index in [1.165, 1.54) is 12.1 Å². The molecule has 1 aromatic carbocycles. The molecule has 0 fully saturated rings. The molecule has 0 aliphatic carbocycles. The normalized spacial score (nSPS) is 10.2. The zero-order valence-electron chi connectivity index (χ0n) is 9.17. The maximum Gasteiger partial charge on any atom is 0.361 e. The molecule has 0 bridgehead atoms. The molecule has 6 nitrogen and oxygen atoms in total. The minimum atomic E-state index is -0.524. The highest BCUT2D eigenvalue weighted by Gasteiger charge is 2.18. The fraction of sp³-hybridized carbons (Fsp3) is 0.182. The fourth-order valence-electron chi connectivity index (χ4n) is 1.39. The van der Waals surface area contributed by atoms with Crippen LogP contribution in [0.1, 0.15) is 17.4 Å². The summed E-state index contributed by atoms with van der Waals surface area (Å²) in [7, 11) is 0. The average molecular weight is 233 g/mol. The van der Waals surface area contributed by atoms with Crippen molar-refractivity contribution >= 4 is 5.97 Å². The SMILES string of the molecule is CCOC(=O)c1n[nH]nc1-c1ccc(O)cc1. The number of aromatic nitrogens is 3. The lowest BCUT2D eigenvalue weighted by molar-refractivity contribution is 0.0520. The highest BCUT2D eigenvalue weighted by Crippen LogP contribution is 2.22. The van der Waals surface area contributed by atoms with Gasteiger partial charge >= 0.3 is 5.97 Å². The first-order valence-electron chi connectivity index (χ1n) is 5.09. The monoisotopic (exact) mass is 233 g/mol. The standard InChI is InChI=1S/C11H11N3O3/c1-2-17-11(16)10-9(12-14-13-10)7-3-5-8(15)6-4-7/h3-6,15H,2H2,1H3,(H,12,13,14). The Morgan fingerprint density at radius 1 is 1.35 bits per heavy atom. The number of aromatic hydroxyl groups is 1. The fourth-order valence-corrected chi connectivity index (χ4v) is 1.39. The summed E-state index contributed by atoms with van der Waals surface area (Å²) in [6.45, 7) is 2.00. The summed E-state index contributed by atoms with van der Waals surface area (Å²) in [5.74, 6) is -0.376. The number of aromatic amines is 1. The molecule has 0 aliphatic heterocycles. The molecular weight excluding hydrogens is 222 g/mol. The number of ether oxygens (including phenoxy) is 1. The van der Waals surface area contributed by atoms with Crippen LogP contribution in [0, 0.1) is 0 Å². The van der Waals surface area contributed by atoms with Crippen LogP contribution >= 0.6 is 0 Å². The topological polar surface area (TPSA) is 88.1 Å². The van der Waals surface area contributed by atoms with E-state index in [-0.39, 0.29) is 18.1 Å². The highest BCUT2D eigenvalue weighted by molar-refractivity contribution is 5.93. The number of benzene rings is 1. The summed E-state index contributed by atoms with van der Waals surface area (Å²) in [6.07, 6.45) is 0. The van der Waals surface area contributed by atoms with Crippen molar-refractivity contribution in [2.45, 2.75) is 6.92 Å². The smallest absolute Gasteiger partial charge is 0.361 e.